The SMILES string of the molecule is COc1ccc(CN2CCC(NC(=O)C3CCC3)CC2)cc1. The van der Waals surface area contributed by atoms with Gasteiger partial charge in [0.05, 0.1) is 7.11 Å². The molecule has 0 atom stereocenters. The fourth-order valence-corrected chi connectivity index (χ4v) is 3.21. The van der Waals surface area contributed by atoms with Gasteiger partial charge in [0, 0.05) is 31.6 Å². The van der Waals surface area contributed by atoms with Crippen LogP contribution in [0, 0.1) is 5.92 Å². The van der Waals surface area contributed by atoms with Crippen molar-refractivity contribution in [3.8, 4) is 5.75 Å². The molecular formula is C18H26N2O2. The summed E-state index contributed by atoms with van der Waals surface area (Å²) in [4.78, 5) is 14.5. The maximum atomic E-state index is 12.0. The van der Waals surface area contributed by atoms with Gasteiger partial charge in [0.1, 0.15) is 5.75 Å². The normalized spacial score (nSPS) is 20.4. The topological polar surface area (TPSA) is 41.6 Å². The highest BCUT2D eigenvalue weighted by molar-refractivity contribution is 5.79. The molecule has 0 radical (unpaired) electrons. The van der Waals surface area contributed by atoms with Crippen LogP contribution in [0.15, 0.2) is 24.3 Å². The lowest BCUT2D eigenvalue weighted by Gasteiger charge is -2.34. The molecule has 0 aromatic heterocycles. The summed E-state index contributed by atoms with van der Waals surface area (Å²) in [7, 11) is 1.69. The Labute approximate surface area is 132 Å². The first-order valence-electron chi connectivity index (χ1n) is 8.40. The number of nitrogens with one attached hydrogen (secondary N) is 1. The number of hydrogen-bond acceptors (Lipinski definition) is 3. The summed E-state index contributed by atoms with van der Waals surface area (Å²) in [6, 6.07) is 8.66. The molecular weight excluding hydrogens is 276 g/mol. The Morgan fingerprint density at radius 2 is 1.86 bits per heavy atom. The monoisotopic (exact) mass is 302 g/mol. The third-order valence-corrected chi connectivity index (χ3v) is 4.98. The van der Waals surface area contributed by atoms with Crippen LogP contribution in [0.2, 0.25) is 0 Å². The second-order valence-electron chi connectivity index (χ2n) is 6.53. The molecule has 1 aliphatic heterocycles. The smallest absolute Gasteiger partial charge is 0.223 e. The Bertz CT molecular complexity index is 488. The van der Waals surface area contributed by atoms with Crippen molar-refractivity contribution >= 4 is 5.91 Å². The van der Waals surface area contributed by atoms with Gasteiger partial charge in [0.2, 0.25) is 5.91 Å². The van der Waals surface area contributed by atoms with E-state index < -0.39 is 0 Å². The zero-order chi connectivity index (χ0) is 15.4. The summed E-state index contributed by atoms with van der Waals surface area (Å²) < 4.78 is 5.19. The molecule has 1 saturated carbocycles. The first-order valence-corrected chi connectivity index (χ1v) is 8.40. The lowest BCUT2D eigenvalue weighted by Crippen LogP contribution is -2.47. The molecule has 0 bridgehead atoms. The van der Waals surface area contributed by atoms with Crippen LogP contribution >= 0.6 is 0 Å². The predicted octanol–water partition coefficient (Wildman–Crippen LogP) is 2.58. The Hall–Kier alpha value is -1.55. The molecule has 22 heavy (non-hydrogen) atoms. The zero-order valence-electron chi connectivity index (χ0n) is 13.4. The van der Waals surface area contributed by atoms with Gasteiger partial charge in [0.15, 0.2) is 0 Å². The summed E-state index contributed by atoms with van der Waals surface area (Å²) in [5, 5.41) is 3.24. The van der Waals surface area contributed by atoms with Crippen molar-refractivity contribution < 1.29 is 9.53 Å². The first-order chi connectivity index (χ1) is 10.7. The minimum Gasteiger partial charge on any atom is -0.497 e. The van der Waals surface area contributed by atoms with Gasteiger partial charge in [-0.3, -0.25) is 9.69 Å². The van der Waals surface area contributed by atoms with Crippen molar-refractivity contribution in [3.05, 3.63) is 29.8 Å². The van der Waals surface area contributed by atoms with Crippen molar-refractivity contribution in [3.63, 3.8) is 0 Å². The van der Waals surface area contributed by atoms with E-state index in [2.05, 4.69) is 22.3 Å². The molecule has 1 aromatic carbocycles. The number of hydrogen-bond donors (Lipinski definition) is 1. The maximum Gasteiger partial charge on any atom is 0.223 e. The number of ether oxygens (including phenoxy) is 1. The maximum absolute atomic E-state index is 12.0. The summed E-state index contributed by atoms with van der Waals surface area (Å²) in [5.74, 6) is 1.50. The molecule has 0 spiro atoms. The number of benzene rings is 1. The van der Waals surface area contributed by atoms with Crippen molar-refractivity contribution in [1.82, 2.24) is 10.2 Å². The van der Waals surface area contributed by atoms with Crippen LogP contribution < -0.4 is 10.1 Å². The summed E-state index contributed by atoms with van der Waals surface area (Å²) in [6.45, 7) is 3.09. The van der Waals surface area contributed by atoms with E-state index in [4.69, 9.17) is 4.74 Å². The van der Waals surface area contributed by atoms with Gasteiger partial charge >= 0.3 is 0 Å². The molecule has 3 rings (SSSR count). The molecule has 1 saturated heterocycles. The van der Waals surface area contributed by atoms with Crippen LogP contribution in [0.3, 0.4) is 0 Å². The number of methoxy groups -OCH3 is 1. The van der Waals surface area contributed by atoms with E-state index in [1.165, 1.54) is 12.0 Å². The number of likely N-dealkylation sites (tertiary alicyclic amines) is 1. The van der Waals surface area contributed by atoms with Crippen molar-refractivity contribution in [2.75, 3.05) is 20.2 Å². The number of carbonyl (C=O) groups is 1. The van der Waals surface area contributed by atoms with Crippen molar-refractivity contribution in [1.29, 1.82) is 0 Å². The third kappa shape index (κ3) is 3.80. The largest absolute Gasteiger partial charge is 0.497 e. The summed E-state index contributed by atoms with van der Waals surface area (Å²) in [6.07, 6.45) is 5.52. The van der Waals surface area contributed by atoms with Gasteiger partial charge in [-0.25, -0.2) is 0 Å². The van der Waals surface area contributed by atoms with E-state index in [1.807, 2.05) is 12.1 Å². The molecule has 4 nitrogen and oxygen atoms in total. The minimum atomic E-state index is 0.292. The lowest BCUT2D eigenvalue weighted by atomic mass is 9.84. The van der Waals surface area contributed by atoms with Crippen LogP contribution in [-0.4, -0.2) is 37.0 Å². The van der Waals surface area contributed by atoms with Gasteiger partial charge in [0.25, 0.3) is 0 Å². The van der Waals surface area contributed by atoms with E-state index in [1.54, 1.807) is 7.11 Å². The number of nitrogens with zero attached hydrogens (tertiary/aromatic N) is 1. The minimum absolute atomic E-state index is 0.292. The molecule has 2 aliphatic rings. The molecule has 2 fully saturated rings. The molecule has 0 unspecified atom stereocenters. The Morgan fingerprint density at radius 1 is 1.18 bits per heavy atom. The van der Waals surface area contributed by atoms with Gasteiger partial charge in [-0.05, 0) is 43.4 Å². The molecule has 1 aliphatic carbocycles. The van der Waals surface area contributed by atoms with E-state index in [0.29, 0.717) is 17.9 Å². The number of piperidine rings is 1. The first kappa shape index (κ1) is 15.3. The van der Waals surface area contributed by atoms with E-state index in [9.17, 15) is 4.79 Å². The second-order valence-corrected chi connectivity index (χ2v) is 6.53. The van der Waals surface area contributed by atoms with Crippen LogP contribution in [-0.2, 0) is 11.3 Å². The van der Waals surface area contributed by atoms with E-state index >= 15 is 0 Å². The zero-order valence-corrected chi connectivity index (χ0v) is 13.4. The summed E-state index contributed by atoms with van der Waals surface area (Å²) in [5.41, 5.74) is 1.32. The molecule has 1 N–H and O–H groups in total. The van der Waals surface area contributed by atoms with Crippen molar-refractivity contribution in [2.45, 2.75) is 44.7 Å². The van der Waals surface area contributed by atoms with E-state index in [0.717, 1.165) is 51.1 Å². The molecule has 1 aromatic rings. The number of rotatable bonds is 5. The second kappa shape index (κ2) is 7.14. The Balaban J connectivity index is 1.41. The number of amides is 1. The lowest BCUT2D eigenvalue weighted by molar-refractivity contribution is -0.128. The third-order valence-electron chi connectivity index (χ3n) is 4.98. The van der Waals surface area contributed by atoms with Crippen LogP contribution in [0.1, 0.15) is 37.7 Å². The van der Waals surface area contributed by atoms with Gasteiger partial charge in [-0.15, -0.1) is 0 Å². The van der Waals surface area contributed by atoms with Crippen LogP contribution in [0.4, 0.5) is 0 Å². The predicted molar refractivity (Wildman–Crippen MR) is 86.8 cm³/mol. The van der Waals surface area contributed by atoms with Gasteiger partial charge in [-0.1, -0.05) is 18.6 Å². The van der Waals surface area contributed by atoms with Crippen molar-refractivity contribution in [2.24, 2.45) is 5.92 Å². The molecule has 1 heterocycles. The standard InChI is InChI=1S/C18H26N2O2/c1-22-17-7-5-14(6-8-17)13-20-11-9-16(10-12-20)19-18(21)15-3-2-4-15/h5-8,15-16H,2-4,9-13H2,1H3,(H,19,21). The molecule has 120 valence electrons. The molecule has 4 heteroatoms. The average Bonchev–Trinajstić information content (AvgIpc) is 2.48. The van der Waals surface area contributed by atoms with Crippen LogP contribution in [0.5, 0.6) is 5.75 Å². The van der Waals surface area contributed by atoms with Crippen LogP contribution in [0.25, 0.3) is 0 Å². The Morgan fingerprint density at radius 3 is 2.41 bits per heavy atom. The average molecular weight is 302 g/mol. The van der Waals surface area contributed by atoms with Gasteiger partial charge < -0.3 is 10.1 Å². The number of carbonyl (C=O) groups excluding carboxylic acids is 1. The Kier molecular flexibility index (Phi) is 4.98. The highest BCUT2D eigenvalue weighted by Gasteiger charge is 2.28. The fraction of sp³-hybridized carbons (Fsp3) is 0.611. The quantitative estimate of drug-likeness (QED) is 0.909. The highest BCUT2D eigenvalue weighted by Crippen LogP contribution is 2.27. The van der Waals surface area contributed by atoms with E-state index in [-0.39, 0.29) is 0 Å². The summed E-state index contributed by atoms with van der Waals surface area (Å²) >= 11 is 0. The highest BCUT2D eigenvalue weighted by atomic mass is 16.5. The fourth-order valence-electron chi connectivity index (χ4n) is 3.21. The van der Waals surface area contributed by atoms with Gasteiger partial charge in [-0.2, -0.15) is 0 Å². The molecule has 1 amide bonds.